The second kappa shape index (κ2) is 11.1. The van der Waals surface area contributed by atoms with E-state index < -0.39 is 49.1 Å². The number of rotatable bonds is 3. The van der Waals surface area contributed by atoms with Gasteiger partial charge >= 0.3 is 18.4 Å². The maximum atomic E-state index is 14.4. The Bertz CT molecular complexity index is 1310. The zero-order valence-electron chi connectivity index (χ0n) is 20.9. The second-order valence-corrected chi connectivity index (χ2v) is 8.81. The van der Waals surface area contributed by atoms with Crippen molar-refractivity contribution in [1.29, 1.82) is 0 Å². The number of methoxy groups -OCH3 is 1. The van der Waals surface area contributed by atoms with Gasteiger partial charge in [0, 0.05) is 18.2 Å². The summed E-state index contributed by atoms with van der Waals surface area (Å²) in [4.78, 5) is 25.8. The van der Waals surface area contributed by atoms with Crippen LogP contribution in [0, 0.1) is 0 Å². The van der Waals surface area contributed by atoms with Crippen molar-refractivity contribution >= 4 is 11.7 Å². The Kier molecular flexibility index (Phi) is 8.02. The first kappa shape index (κ1) is 28.2. The smallest absolute Gasteiger partial charge is 0.414 e. The molecule has 0 aromatic carbocycles. The van der Waals surface area contributed by atoms with Crippen molar-refractivity contribution in [3.8, 4) is 22.9 Å². The first-order valence-electron chi connectivity index (χ1n) is 12.0. The predicted molar refractivity (Wildman–Crippen MR) is 124 cm³/mol. The van der Waals surface area contributed by atoms with Gasteiger partial charge in [0.25, 0.3) is 5.88 Å². The molecule has 1 aliphatic heterocycles. The molecule has 0 radical (unpaired) electrons. The number of fused-ring (bicyclic) bond motifs is 7. The second-order valence-electron chi connectivity index (χ2n) is 8.81. The summed E-state index contributed by atoms with van der Waals surface area (Å²) in [5.74, 6) is 0.108. The fourth-order valence-electron chi connectivity index (χ4n) is 4.37. The molecule has 3 aromatic heterocycles. The molecule has 4 heterocycles. The number of nitrogens with one attached hydrogen (secondary N) is 1. The number of aromatic nitrogens is 5. The van der Waals surface area contributed by atoms with Gasteiger partial charge in [0.2, 0.25) is 5.65 Å². The topological polar surface area (TPSA) is 107 Å². The molecule has 1 aliphatic rings. The van der Waals surface area contributed by atoms with Crippen molar-refractivity contribution in [2.75, 3.05) is 20.3 Å². The molecule has 2 amide bonds. The van der Waals surface area contributed by atoms with E-state index >= 15 is 0 Å². The molecule has 4 bridgehead atoms. The lowest BCUT2D eigenvalue weighted by molar-refractivity contribution is -0.179. The number of carbonyl (C=O) groups excluding carboxylic acids is 1. The maximum absolute atomic E-state index is 14.4. The quantitative estimate of drug-likeness (QED) is 0.462. The average molecular weight is 561 g/mol. The summed E-state index contributed by atoms with van der Waals surface area (Å²) in [7, 11) is 1.30. The van der Waals surface area contributed by atoms with Gasteiger partial charge < -0.3 is 19.7 Å². The molecular weight excluding hydrogens is 536 g/mol. The van der Waals surface area contributed by atoms with Crippen LogP contribution in [0.4, 0.5) is 31.1 Å². The van der Waals surface area contributed by atoms with Crippen molar-refractivity contribution in [3.05, 3.63) is 30.5 Å². The molecule has 16 heteroatoms. The summed E-state index contributed by atoms with van der Waals surface area (Å²) in [6.45, 7) is 0.893. The van der Waals surface area contributed by atoms with E-state index in [2.05, 4.69) is 25.4 Å². The summed E-state index contributed by atoms with van der Waals surface area (Å²) in [6, 6.07) is -4.24. The Balaban J connectivity index is 1.88. The van der Waals surface area contributed by atoms with Gasteiger partial charge in [-0.05, 0) is 32.3 Å². The van der Waals surface area contributed by atoms with Crippen LogP contribution in [0.15, 0.2) is 24.8 Å². The number of hydrogen-bond donors (Lipinski definition) is 1. The monoisotopic (exact) mass is 561 g/mol. The highest BCUT2D eigenvalue weighted by Crippen LogP contribution is 2.40. The van der Waals surface area contributed by atoms with E-state index in [0.29, 0.717) is 4.90 Å². The molecular formula is C23H25F6N7O3. The molecule has 39 heavy (non-hydrogen) atoms. The molecule has 10 nitrogen and oxygen atoms in total. The highest BCUT2D eigenvalue weighted by Gasteiger charge is 2.48. The average Bonchev–Trinajstić information content (AvgIpc) is 3.33. The van der Waals surface area contributed by atoms with Crippen LogP contribution in [0.1, 0.15) is 44.3 Å². The van der Waals surface area contributed by atoms with Crippen LogP contribution in [-0.2, 0) is 0 Å². The van der Waals surface area contributed by atoms with E-state index in [4.69, 9.17) is 9.47 Å². The normalized spacial score (nSPS) is 19.5. The fourth-order valence-corrected chi connectivity index (χ4v) is 4.37. The Morgan fingerprint density at radius 3 is 2.62 bits per heavy atom. The molecule has 212 valence electrons. The van der Waals surface area contributed by atoms with Gasteiger partial charge in [-0.2, -0.15) is 31.4 Å². The molecule has 2 atom stereocenters. The molecule has 1 N–H and O–H groups in total. The van der Waals surface area contributed by atoms with Crippen LogP contribution in [0.3, 0.4) is 0 Å². The molecule has 0 fully saturated rings. The molecule has 3 aromatic rings. The number of alkyl halides is 6. The standard InChI is InChI=1S/C23H25F6N7O3/c1-3-35-18(23(27,28)29)15-8-14(17(38-2)10-30-15)16-11-36-19(31-12-32-36)20(34-16)39-7-5-4-6-13(33-21(35)37)9-22(24,25)26/h8,10-13,18H,3-7,9H2,1-2H3,(H,33,37)/t13-,18?/m1/s1. The van der Waals surface area contributed by atoms with Gasteiger partial charge in [0.05, 0.1) is 43.9 Å². The van der Waals surface area contributed by atoms with Crippen molar-refractivity contribution in [3.63, 3.8) is 0 Å². The van der Waals surface area contributed by atoms with Crippen molar-refractivity contribution in [2.45, 2.75) is 57.0 Å². The van der Waals surface area contributed by atoms with E-state index in [9.17, 15) is 31.1 Å². The van der Waals surface area contributed by atoms with Gasteiger partial charge in [0.15, 0.2) is 6.04 Å². The minimum atomic E-state index is -5.02. The van der Waals surface area contributed by atoms with Gasteiger partial charge in [0.1, 0.15) is 12.1 Å². The fraction of sp³-hybridized carbons (Fsp3) is 0.522. The van der Waals surface area contributed by atoms with Gasteiger partial charge in [-0.1, -0.05) is 0 Å². The predicted octanol–water partition coefficient (Wildman–Crippen LogP) is 4.71. The highest BCUT2D eigenvalue weighted by atomic mass is 19.4. The third kappa shape index (κ3) is 6.42. The summed E-state index contributed by atoms with van der Waals surface area (Å²) in [5, 5.41) is 6.22. The zero-order chi connectivity index (χ0) is 28.4. The van der Waals surface area contributed by atoms with E-state index in [1.807, 2.05) is 0 Å². The Morgan fingerprint density at radius 2 is 1.95 bits per heavy atom. The van der Waals surface area contributed by atoms with E-state index in [1.165, 1.54) is 31.1 Å². The number of halogens is 6. The summed E-state index contributed by atoms with van der Waals surface area (Å²) < 4.78 is 95.4. The number of urea groups is 1. The van der Waals surface area contributed by atoms with Gasteiger partial charge in [-0.15, -0.1) is 0 Å². The van der Waals surface area contributed by atoms with E-state index in [0.717, 1.165) is 12.3 Å². The van der Waals surface area contributed by atoms with Crippen molar-refractivity contribution < 1.29 is 40.6 Å². The summed E-state index contributed by atoms with van der Waals surface area (Å²) >= 11 is 0. The minimum Gasteiger partial charge on any atom is -0.494 e. The largest absolute Gasteiger partial charge is 0.494 e. The number of carbonyl (C=O) groups is 1. The van der Waals surface area contributed by atoms with Crippen LogP contribution in [-0.4, -0.2) is 74.2 Å². The number of hydrogen-bond acceptors (Lipinski definition) is 7. The van der Waals surface area contributed by atoms with Crippen LogP contribution < -0.4 is 14.8 Å². The number of nitrogens with zero attached hydrogens (tertiary/aromatic N) is 6. The van der Waals surface area contributed by atoms with Crippen LogP contribution in [0.5, 0.6) is 11.6 Å². The van der Waals surface area contributed by atoms with E-state index in [-0.39, 0.29) is 54.4 Å². The minimum absolute atomic E-state index is 0.0280. The lowest BCUT2D eigenvalue weighted by Crippen LogP contribution is -2.50. The van der Waals surface area contributed by atoms with Crippen LogP contribution in [0.2, 0.25) is 0 Å². The lowest BCUT2D eigenvalue weighted by Gasteiger charge is -2.34. The van der Waals surface area contributed by atoms with Crippen LogP contribution >= 0.6 is 0 Å². The first-order valence-corrected chi connectivity index (χ1v) is 12.0. The summed E-state index contributed by atoms with van der Waals surface area (Å²) in [5.41, 5.74) is -0.120. The Morgan fingerprint density at radius 1 is 1.18 bits per heavy atom. The SMILES string of the molecule is CCN1C(=O)N[C@@H](CC(F)(F)F)CCCCOc2nc(cn3ncnc23)-c2cc(ncc2OC)C1C(F)(F)F. The van der Waals surface area contributed by atoms with Crippen molar-refractivity contribution in [2.24, 2.45) is 0 Å². The maximum Gasteiger partial charge on any atom is 0.414 e. The van der Waals surface area contributed by atoms with Crippen LogP contribution in [0.25, 0.3) is 16.9 Å². The van der Waals surface area contributed by atoms with E-state index in [1.54, 1.807) is 0 Å². The number of pyridine rings is 1. The summed E-state index contributed by atoms with van der Waals surface area (Å²) in [6.07, 6.45) is -7.02. The highest BCUT2D eigenvalue weighted by molar-refractivity contribution is 5.75. The third-order valence-corrected chi connectivity index (χ3v) is 6.11. The Labute approximate surface area is 218 Å². The Hall–Kier alpha value is -3.85. The molecule has 0 saturated heterocycles. The number of amides is 2. The molecule has 4 rings (SSSR count). The zero-order valence-corrected chi connectivity index (χ0v) is 20.9. The molecule has 0 spiro atoms. The molecule has 0 aliphatic carbocycles. The van der Waals surface area contributed by atoms with Gasteiger partial charge in [-0.25, -0.2) is 19.3 Å². The first-order chi connectivity index (χ1) is 18.4. The van der Waals surface area contributed by atoms with Gasteiger partial charge in [-0.3, -0.25) is 4.98 Å². The lowest BCUT2D eigenvalue weighted by atomic mass is 10.0. The van der Waals surface area contributed by atoms with Crippen molar-refractivity contribution in [1.82, 2.24) is 34.8 Å². The molecule has 0 saturated carbocycles. The third-order valence-electron chi connectivity index (χ3n) is 6.11. The number of ether oxygens (including phenoxy) is 2. The molecule has 1 unspecified atom stereocenters.